The van der Waals surface area contributed by atoms with Crippen LogP contribution >= 0.6 is 0 Å². The largest absolute Gasteiger partial charge is 0.472 e. The molecule has 0 fully saturated rings. The molecule has 0 aliphatic carbocycles. The lowest BCUT2D eigenvalue weighted by molar-refractivity contribution is -0.840. The van der Waals surface area contributed by atoms with Gasteiger partial charge in [-0.15, -0.1) is 5.43 Å². The van der Waals surface area contributed by atoms with Crippen molar-refractivity contribution >= 4 is 10.0 Å². The van der Waals surface area contributed by atoms with Gasteiger partial charge in [-0.3, -0.25) is 10.1 Å². The van der Waals surface area contributed by atoms with Gasteiger partial charge in [0, 0.05) is 6.54 Å². The summed E-state index contributed by atoms with van der Waals surface area (Å²) in [7, 11) is -3.60. The number of nitroso groups, excluding NO2 is 1. The third kappa shape index (κ3) is 5.25. The van der Waals surface area contributed by atoms with E-state index in [1.54, 1.807) is 12.1 Å². The van der Waals surface area contributed by atoms with Gasteiger partial charge in [-0.2, -0.15) is 0 Å². The Morgan fingerprint density at radius 1 is 1.13 bits per heavy atom. The number of nitrogens with one attached hydrogen (secondary N) is 2. The topological polar surface area (TPSA) is 121 Å². The summed E-state index contributed by atoms with van der Waals surface area (Å²) in [4.78, 5) is 21.9. The van der Waals surface area contributed by atoms with Crippen molar-refractivity contribution in [3.8, 4) is 0 Å². The van der Waals surface area contributed by atoms with Gasteiger partial charge in [0.25, 0.3) is 0 Å². The molecule has 0 aliphatic heterocycles. The van der Waals surface area contributed by atoms with E-state index in [2.05, 4.69) is 10.1 Å². The molecule has 23 heavy (non-hydrogen) atoms. The molecule has 0 saturated carbocycles. The maximum absolute atomic E-state index is 12.0. The van der Waals surface area contributed by atoms with Crippen molar-refractivity contribution in [2.75, 3.05) is 13.1 Å². The summed E-state index contributed by atoms with van der Waals surface area (Å²) >= 11 is 0. The first-order chi connectivity index (χ1) is 10.6. The maximum atomic E-state index is 12.0. The van der Waals surface area contributed by atoms with Crippen molar-refractivity contribution < 1.29 is 18.2 Å². The first-order valence-electron chi connectivity index (χ1n) is 6.99. The van der Waals surface area contributed by atoms with Gasteiger partial charge in [-0.05, 0) is 25.5 Å². The van der Waals surface area contributed by atoms with E-state index in [0.29, 0.717) is 6.42 Å². The predicted molar refractivity (Wildman–Crippen MR) is 83.7 cm³/mol. The van der Waals surface area contributed by atoms with Gasteiger partial charge in [0.05, 0.1) is 35.1 Å². The number of nitro groups is 1. The fourth-order valence-electron chi connectivity index (χ4n) is 1.54. The van der Waals surface area contributed by atoms with E-state index < -0.39 is 20.6 Å². The fraction of sp³-hybridized carbons (Fsp3) is 0.538. The number of hydrazine groups is 1. The molecule has 0 spiro atoms. The molecule has 1 aromatic carbocycles. The minimum atomic E-state index is -3.60. The monoisotopic (exact) mass is 345 g/mol. The van der Waals surface area contributed by atoms with Gasteiger partial charge < -0.3 is 0 Å². The molecule has 0 heterocycles. The van der Waals surface area contributed by atoms with E-state index in [1.165, 1.54) is 26.0 Å². The number of aryl methyl sites for hydroxylation is 1. The molecule has 0 aliphatic rings. The Morgan fingerprint density at radius 2 is 1.70 bits per heavy atom. The molecule has 0 atom stereocenters. The lowest BCUT2D eigenvalue weighted by Crippen LogP contribution is -2.49. The summed E-state index contributed by atoms with van der Waals surface area (Å²) in [6, 6.07) is 6.42. The van der Waals surface area contributed by atoms with E-state index in [9.17, 15) is 23.4 Å². The smallest absolute Gasteiger partial charge is 0.258 e. The van der Waals surface area contributed by atoms with Gasteiger partial charge in [0.15, 0.2) is 4.87 Å². The molecule has 10 heteroatoms. The quantitative estimate of drug-likeness (QED) is 0.226. The maximum Gasteiger partial charge on any atom is 0.472 e. The Bertz CT molecular complexity index is 670. The zero-order chi connectivity index (χ0) is 17.7. The van der Waals surface area contributed by atoms with E-state index in [1.807, 2.05) is 6.92 Å². The predicted octanol–water partition coefficient (Wildman–Crippen LogP) is 0.960. The van der Waals surface area contributed by atoms with Crippen LogP contribution in [-0.2, 0) is 10.0 Å². The zero-order valence-corrected chi connectivity index (χ0v) is 14.1. The Labute approximate surface area is 134 Å². The van der Waals surface area contributed by atoms with Gasteiger partial charge in [0.2, 0.25) is 10.0 Å². The molecule has 0 amide bonds. The standard InChI is InChI=1S/C13H21N4O5S/c1-11-5-7-12(8-6-11)23(21,22)15-10-4-9-14-16(18)13(2,3)17(19)20/h5-8,15H,4,9-10H2,1-3H3,(H,14,18)/q+1. The van der Waals surface area contributed by atoms with Crippen LogP contribution in [0.15, 0.2) is 29.2 Å². The van der Waals surface area contributed by atoms with E-state index in [4.69, 9.17) is 0 Å². The highest BCUT2D eigenvalue weighted by atomic mass is 32.2. The van der Waals surface area contributed by atoms with Crippen LogP contribution in [0, 0.1) is 21.9 Å². The minimum Gasteiger partial charge on any atom is -0.258 e. The van der Waals surface area contributed by atoms with Crippen LogP contribution in [0.1, 0.15) is 25.8 Å². The van der Waals surface area contributed by atoms with Crippen molar-refractivity contribution in [2.24, 2.45) is 0 Å². The molecule has 9 nitrogen and oxygen atoms in total. The van der Waals surface area contributed by atoms with E-state index in [-0.39, 0.29) is 22.9 Å². The number of nitrogens with zero attached hydrogens (tertiary/aromatic N) is 2. The molecule has 0 aromatic heterocycles. The van der Waals surface area contributed by atoms with Crippen molar-refractivity contribution in [2.45, 2.75) is 37.8 Å². The number of rotatable bonds is 9. The molecular formula is C13H21N4O5S+. The van der Waals surface area contributed by atoms with Gasteiger partial charge in [-0.1, -0.05) is 17.7 Å². The summed E-state index contributed by atoms with van der Waals surface area (Å²) in [5.74, 6) is 0. The zero-order valence-electron chi connectivity index (χ0n) is 13.3. The highest BCUT2D eigenvalue weighted by molar-refractivity contribution is 7.89. The summed E-state index contributed by atoms with van der Waals surface area (Å²) in [6.07, 6.45) is 0.303. The minimum absolute atomic E-state index is 0.107. The van der Waals surface area contributed by atoms with Gasteiger partial charge in [0.1, 0.15) is 0 Å². The van der Waals surface area contributed by atoms with Crippen LogP contribution in [0.4, 0.5) is 0 Å². The second-order valence-corrected chi connectivity index (χ2v) is 7.29. The Morgan fingerprint density at radius 3 is 2.22 bits per heavy atom. The molecule has 0 bridgehead atoms. The van der Waals surface area contributed by atoms with Gasteiger partial charge in [-0.25, -0.2) is 13.1 Å². The molecule has 0 unspecified atom stereocenters. The van der Waals surface area contributed by atoms with Crippen LogP contribution < -0.4 is 10.1 Å². The first-order valence-corrected chi connectivity index (χ1v) is 8.47. The number of hydrogen-bond acceptors (Lipinski definition) is 5. The molecule has 2 N–H and O–H groups in total. The second-order valence-electron chi connectivity index (χ2n) is 5.52. The highest BCUT2D eigenvalue weighted by Crippen LogP contribution is 2.09. The average Bonchev–Trinajstić information content (AvgIpc) is 2.46. The van der Waals surface area contributed by atoms with Crippen molar-refractivity contribution in [3.63, 3.8) is 0 Å². The van der Waals surface area contributed by atoms with Crippen molar-refractivity contribution in [1.82, 2.24) is 10.1 Å². The van der Waals surface area contributed by atoms with Gasteiger partial charge >= 0.3 is 5.66 Å². The third-order valence-corrected chi connectivity index (χ3v) is 4.65. The number of hydrogen-bond donors (Lipinski definition) is 2. The molecule has 128 valence electrons. The van der Waals surface area contributed by atoms with Crippen molar-refractivity contribution in [3.05, 3.63) is 44.9 Å². The van der Waals surface area contributed by atoms with Crippen LogP contribution in [0.3, 0.4) is 0 Å². The van der Waals surface area contributed by atoms with E-state index >= 15 is 0 Å². The number of sulfonamides is 1. The van der Waals surface area contributed by atoms with Crippen LogP contribution in [0.25, 0.3) is 0 Å². The summed E-state index contributed by atoms with van der Waals surface area (Å²) in [6.45, 7) is 4.42. The summed E-state index contributed by atoms with van der Waals surface area (Å²) in [5.41, 5.74) is 1.50. The lowest BCUT2D eigenvalue weighted by atomic mass is 10.2. The van der Waals surface area contributed by atoms with Crippen LogP contribution in [0.2, 0.25) is 0 Å². The Balaban J connectivity index is 2.42. The average molecular weight is 345 g/mol. The first kappa shape index (κ1) is 19.0. The Kier molecular flexibility index (Phi) is 6.16. The molecule has 0 saturated heterocycles. The molecular weight excluding hydrogens is 324 g/mol. The lowest BCUT2D eigenvalue weighted by Gasteiger charge is -2.08. The van der Waals surface area contributed by atoms with E-state index in [0.717, 1.165) is 5.56 Å². The molecule has 0 radical (unpaired) electrons. The summed E-state index contributed by atoms with van der Waals surface area (Å²) < 4.78 is 26.4. The second kappa shape index (κ2) is 7.47. The van der Waals surface area contributed by atoms with Crippen LogP contribution in [0.5, 0.6) is 0 Å². The normalized spacial score (nSPS) is 12.0. The molecule has 1 aromatic rings. The summed E-state index contributed by atoms with van der Waals surface area (Å²) in [5, 5.41) is 10.7. The SMILES string of the molecule is Cc1ccc(S(=O)(=O)NCCCN[N+](=O)C(C)(C)[N+](=O)[O-])cc1. The van der Waals surface area contributed by atoms with Crippen LogP contribution in [-0.4, -0.2) is 37.0 Å². The highest BCUT2D eigenvalue weighted by Gasteiger charge is 2.48. The van der Waals surface area contributed by atoms with Crippen molar-refractivity contribution in [1.29, 1.82) is 0 Å². The number of benzene rings is 1. The molecule has 1 rings (SSSR count). The third-order valence-electron chi connectivity index (χ3n) is 3.18. The fourth-order valence-corrected chi connectivity index (χ4v) is 2.62. The Hall–Kier alpha value is -2.07.